The Morgan fingerprint density at radius 3 is 0.843 bits per heavy atom. The predicted octanol–water partition coefficient (Wildman–Crippen LogP) is 29.1. The van der Waals surface area contributed by atoms with E-state index in [1.54, 1.807) is 0 Å². The van der Waals surface area contributed by atoms with Crippen molar-refractivity contribution in [1.82, 2.24) is 0 Å². The van der Waals surface area contributed by atoms with Crippen LogP contribution in [0.15, 0.2) is 97.2 Å². The van der Waals surface area contributed by atoms with Crippen LogP contribution in [0, 0.1) is 0 Å². The predicted molar refractivity (Wildman–Crippen MR) is 443 cm³/mol. The maximum Gasteiger partial charge on any atom is 0.306 e. The third kappa shape index (κ3) is 85.9. The van der Waals surface area contributed by atoms with Gasteiger partial charge in [-0.1, -0.05) is 413 Å². The zero-order chi connectivity index (χ0) is 74.0. The fourth-order valence-electron chi connectivity index (χ4n) is 12.9. The molecule has 0 rings (SSSR count). The maximum atomic E-state index is 12.9. The van der Waals surface area contributed by atoms with Crippen molar-refractivity contribution >= 4 is 19.8 Å². The molecule has 0 fully saturated rings. The van der Waals surface area contributed by atoms with E-state index in [0.717, 1.165) is 83.5 Å². The van der Waals surface area contributed by atoms with E-state index in [1.165, 1.54) is 308 Å². The number of nitrogens with zero attached hydrogens (tertiary/aromatic N) is 1. The number of hydrogen-bond donors (Lipinski definition) is 0. The van der Waals surface area contributed by atoms with E-state index in [4.69, 9.17) is 18.5 Å². The molecule has 0 aliphatic carbocycles. The lowest BCUT2D eigenvalue weighted by Crippen LogP contribution is -2.37. The molecule has 10 heteroatoms. The van der Waals surface area contributed by atoms with Gasteiger partial charge < -0.3 is 27.9 Å². The molecule has 0 saturated heterocycles. The van der Waals surface area contributed by atoms with Gasteiger partial charge >= 0.3 is 11.9 Å². The van der Waals surface area contributed by atoms with Crippen molar-refractivity contribution in [1.29, 1.82) is 0 Å². The highest BCUT2D eigenvalue weighted by Gasteiger charge is 2.22. The number of quaternary nitrogens is 1. The molecule has 0 radical (unpaired) electrons. The molecular weight excluding hydrogens is 1280 g/mol. The number of ether oxygens (including phenoxy) is 2. The van der Waals surface area contributed by atoms with Crippen LogP contribution >= 0.6 is 7.82 Å². The molecule has 0 aromatic carbocycles. The Kier molecular flexibility index (Phi) is 79.5. The van der Waals surface area contributed by atoms with Crippen LogP contribution in [-0.2, 0) is 32.7 Å². The van der Waals surface area contributed by atoms with Crippen LogP contribution in [0.4, 0.5) is 0 Å². The fraction of sp³-hybridized carbons (Fsp3) is 0.804. The number of carbonyl (C=O) groups is 2. The van der Waals surface area contributed by atoms with Gasteiger partial charge in [-0.05, 0) is 96.3 Å². The third-order valence-electron chi connectivity index (χ3n) is 19.6. The van der Waals surface area contributed by atoms with Crippen molar-refractivity contribution in [2.45, 2.75) is 431 Å². The van der Waals surface area contributed by atoms with E-state index in [2.05, 4.69) is 111 Å². The van der Waals surface area contributed by atoms with E-state index in [1.807, 2.05) is 21.1 Å². The number of rotatable bonds is 82. The second kappa shape index (κ2) is 82.0. The number of phosphoric acid groups is 1. The summed E-state index contributed by atoms with van der Waals surface area (Å²) in [4.78, 5) is 38.3. The number of likely N-dealkylation sites (N-methyl/N-ethyl adjacent to an activating group) is 1. The summed E-state index contributed by atoms with van der Waals surface area (Å²) < 4.78 is 34.5. The number of hydrogen-bond acceptors (Lipinski definition) is 8. The van der Waals surface area contributed by atoms with Gasteiger partial charge in [0.15, 0.2) is 6.10 Å². The first-order chi connectivity index (χ1) is 50.0. The van der Waals surface area contributed by atoms with Gasteiger partial charge in [-0.25, -0.2) is 0 Å². The summed E-state index contributed by atoms with van der Waals surface area (Å²) in [5.74, 6) is -0.816. The molecule has 0 spiro atoms. The third-order valence-corrected chi connectivity index (χ3v) is 20.6. The highest BCUT2D eigenvalue weighted by Crippen LogP contribution is 2.38. The molecule has 594 valence electrons. The Hall–Kier alpha value is -3.07. The molecule has 0 N–H and O–H groups in total. The molecule has 102 heavy (non-hydrogen) atoms. The SMILES string of the molecule is CC/C=C\C/C=C\C/C=C\C/C=C\C/C=C\C/C=C\C/C=C\CCCCCCCCCCCCCCCCCC(=O)OC(COC(=O)CCCCCCCCCCCCCCCCCCCCCCCCCCCCCCC/C=C\CCCCCCCCCC)COP(=O)([O-])OCC[N+](C)(C)C. The van der Waals surface area contributed by atoms with Gasteiger partial charge in [0.25, 0.3) is 7.82 Å². The van der Waals surface area contributed by atoms with Crippen molar-refractivity contribution in [2.24, 2.45) is 0 Å². The summed E-state index contributed by atoms with van der Waals surface area (Å²) >= 11 is 0. The number of allylic oxidation sites excluding steroid dienone is 16. The molecule has 0 aliphatic heterocycles. The Morgan fingerprint density at radius 1 is 0.314 bits per heavy atom. The molecule has 0 aliphatic rings. The van der Waals surface area contributed by atoms with Gasteiger partial charge in [0, 0.05) is 12.8 Å². The number of carbonyl (C=O) groups excluding carboxylic acids is 2. The lowest BCUT2D eigenvalue weighted by atomic mass is 10.0. The first-order valence-electron chi connectivity index (χ1n) is 43.9. The molecule has 0 aromatic heterocycles. The van der Waals surface area contributed by atoms with Gasteiger partial charge in [-0.3, -0.25) is 14.2 Å². The topological polar surface area (TPSA) is 111 Å². The minimum atomic E-state index is -4.65. The minimum Gasteiger partial charge on any atom is -0.756 e. The van der Waals surface area contributed by atoms with Crippen molar-refractivity contribution < 1.29 is 42.1 Å². The fourth-order valence-corrected chi connectivity index (χ4v) is 13.7. The molecule has 2 unspecified atom stereocenters. The molecule has 0 amide bonds. The van der Waals surface area contributed by atoms with Crippen molar-refractivity contribution in [3.8, 4) is 0 Å². The van der Waals surface area contributed by atoms with Crippen LogP contribution in [0.5, 0.6) is 0 Å². The maximum absolute atomic E-state index is 12.9. The van der Waals surface area contributed by atoms with Crippen molar-refractivity contribution in [2.75, 3.05) is 47.5 Å². The molecular formula is C92H168NO8P. The molecule has 0 bridgehead atoms. The second-order valence-corrected chi connectivity index (χ2v) is 32.3. The number of esters is 2. The first-order valence-corrected chi connectivity index (χ1v) is 45.4. The molecule has 2 atom stereocenters. The Labute approximate surface area is 634 Å². The van der Waals surface area contributed by atoms with Crippen molar-refractivity contribution in [3.05, 3.63) is 97.2 Å². The lowest BCUT2D eigenvalue weighted by Gasteiger charge is -2.28. The molecule has 0 heterocycles. The first kappa shape index (κ1) is 98.9. The summed E-state index contributed by atoms with van der Waals surface area (Å²) in [6, 6.07) is 0. The average molecular weight is 1450 g/mol. The monoisotopic (exact) mass is 1450 g/mol. The van der Waals surface area contributed by atoms with E-state index in [0.29, 0.717) is 17.4 Å². The highest BCUT2D eigenvalue weighted by molar-refractivity contribution is 7.45. The van der Waals surface area contributed by atoms with Gasteiger partial charge in [0.05, 0.1) is 27.7 Å². The van der Waals surface area contributed by atoms with Crippen LogP contribution in [-0.4, -0.2) is 70.0 Å². The summed E-state index contributed by atoms with van der Waals surface area (Å²) in [5, 5.41) is 0. The lowest BCUT2D eigenvalue weighted by molar-refractivity contribution is -0.870. The average Bonchev–Trinajstić information content (AvgIpc) is 0.913. The minimum absolute atomic E-state index is 0.0312. The summed E-state index contributed by atoms with van der Waals surface area (Å²) in [6.45, 7) is 4.19. The normalized spacial score (nSPS) is 13.4. The van der Waals surface area contributed by atoms with Gasteiger partial charge in [-0.2, -0.15) is 0 Å². The quantitative estimate of drug-likeness (QED) is 0.0195. The van der Waals surface area contributed by atoms with Crippen molar-refractivity contribution in [3.63, 3.8) is 0 Å². The van der Waals surface area contributed by atoms with Crippen LogP contribution < -0.4 is 4.89 Å². The van der Waals surface area contributed by atoms with E-state index in [-0.39, 0.29) is 32.0 Å². The summed E-state index contributed by atoms with van der Waals surface area (Å²) in [7, 11) is 1.18. The van der Waals surface area contributed by atoms with Crippen LogP contribution in [0.25, 0.3) is 0 Å². The van der Waals surface area contributed by atoms with Gasteiger partial charge in [0.2, 0.25) is 0 Å². The highest BCUT2D eigenvalue weighted by atomic mass is 31.2. The number of unbranched alkanes of at least 4 members (excludes halogenated alkanes) is 52. The zero-order valence-electron chi connectivity index (χ0n) is 68.1. The van der Waals surface area contributed by atoms with E-state index >= 15 is 0 Å². The number of phosphoric ester groups is 1. The smallest absolute Gasteiger partial charge is 0.306 e. The Bertz CT molecular complexity index is 2050. The largest absolute Gasteiger partial charge is 0.756 e. The molecule has 9 nitrogen and oxygen atoms in total. The van der Waals surface area contributed by atoms with Gasteiger partial charge in [-0.15, -0.1) is 0 Å². The van der Waals surface area contributed by atoms with Gasteiger partial charge in [0.1, 0.15) is 19.8 Å². The van der Waals surface area contributed by atoms with Crippen LogP contribution in [0.3, 0.4) is 0 Å². The second-order valence-electron chi connectivity index (χ2n) is 30.9. The summed E-state index contributed by atoms with van der Waals surface area (Å²) in [5.41, 5.74) is 0. The zero-order valence-corrected chi connectivity index (χ0v) is 69.0. The Morgan fingerprint density at radius 2 is 0.559 bits per heavy atom. The molecule has 0 saturated carbocycles. The standard InChI is InChI=1S/C92H168NO8P/c1-6-8-10-12-14-16-18-20-22-24-26-28-30-32-34-36-38-40-42-44-45-46-47-49-50-52-54-56-58-60-62-64-66-68-70-72-74-76-78-80-82-84-91(94)98-88-90(89-100-102(96,97)99-87-86-93(3,4)5)101-92(95)85-83-81-79-77-75-73-71-69-67-65-63-61-59-57-55-53-51-48-43-41-39-37-35-33-31-29-27-25-23-21-19-17-15-13-11-9-7-2/h9,11,15,17,21,23-24,26-27,29,33,35,39,41,48,51,90H,6-8,10,12-14,16,18-20,22,25,28,30-32,34,36-38,40,42-47,49-50,52-89H2,1-5H3/b11-9-,17-15-,23-21-,26-24-,29-27-,35-33-,41-39-,51-48-. The van der Waals surface area contributed by atoms with Crippen LogP contribution in [0.1, 0.15) is 425 Å². The Balaban J connectivity index is 3.89. The van der Waals surface area contributed by atoms with E-state index < -0.39 is 26.5 Å². The van der Waals surface area contributed by atoms with E-state index in [9.17, 15) is 19.0 Å². The summed E-state index contributed by atoms with van der Waals surface area (Å²) in [6.07, 6.45) is 116. The van der Waals surface area contributed by atoms with Crippen LogP contribution in [0.2, 0.25) is 0 Å². The molecule has 0 aromatic rings.